The molecule has 1 aliphatic carbocycles. The number of carboxylic acids is 1. The molecule has 1 amide bonds. The Morgan fingerprint density at radius 2 is 2.05 bits per heavy atom. The molecule has 5 heteroatoms. The van der Waals surface area contributed by atoms with Crippen molar-refractivity contribution >= 4 is 27.8 Å². The van der Waals surface area contributed by atoms with E-state index in [1.807, 2.05) is 25.1 Å². The summed E-state index contributed by atoms with van der Waals surface area (Å²) >= 11 is 3.53. The molecule has 0 aliphatic heterocycles. The lowest BCUT2D eigenvalue weighted by Crippen LogP contribution is -2.35. The number of amides is 1. The Labute approximate surface area is 133 Å². The predicted molar refractivity (Wildman–Crippen MR) is 83.8 cm³/mol. The van der Waals surface area contributed by atoms with Gasteiger partial charge in [-0.1, -0.05) is 40.5 Å². The van der Waals surface area contributed by atoms with E-state index in [2.05, 4.69) is 21.2 Å². The fourth-order valence-corrected chi connectivity index (χ4v) is 3.23. The summed E-state index contributed by atoms with van der Waals surface area (Å²) < 4.78 is 1.01. The fourth-order valence-electron chi connectivity index (χ4n) is 2.82. The van der Waals surface area contributed by atoms with Gasteiger partial charge in [0.05, 0.1) is 5.92 Å². The fraction of sp³-hybridized carbons (Fsp3) is 0.500. The van der Waals surface area contributed by atoms with Crippen LogP contribution in [0.4, 0.5) is 0 Å². The molecule has 0 saturated heterocycles. The number of nitrogens with one attached hydrogen (secondary N) is 1. The average molecular weight is 354 g/mol. The first-order valence-corrected chi connectivity index (χ1v) is 8.03. The van der Waals surface area contributed by atoms with Crippen molar-refractivity contribution in [3.8, 4) is 0 Å². The molecule has 0 bridgehead atoms. The van der Waals surface area contributed by atoms with Gasteiger partial charge in [-0.15, -0.1) is 0 Å². The lowest BCUT2D eigenvalue weighted by molar-refractivity contribution is -0.144. The number of carbonyl (C=O) groups is 2. The molecule has 2 rings (SSSR count). The van der Waals surface area contributed by atoms with Crippen LogP contribution in [0.25, 0.3) is 0 Å². The Balaban J connectivity index is 1.92. The highest BCUT2D eigenvalue weighted by Gasteiger charge is 2.30. The second-order valence-electron chi connectivity index (χ2n) is 5.66. The molecule has 2 atom stereocenters. The smallest absolute Gasteiger partial charge is 0.306 e. The van der Waals surface area contributed by atoms with E-state index >= 15 is 0 Å². The molecule has 0 heterocycles. The maximum Gasteiger partial charge on any atom is 0.306 e. The molecular weight excluding hydrogens is 334 g/mol. The van der Waals surface area contributed by atoms with Crippen LogP contribution in [0.1, 0.15) is 36.8 Å². The van der Waals surface area contributed by atoms with E-state index in [-0.39, 0.29) is 17.7 Å². The van der Waals surface area contributed by atoms with E-state index in [0.717, 1.165) is 28.4 Å². The Kier molecular flexibility index (Phi) is 5.39. The van der Waals surface area contributed by atoms with Gasteiger partial charge in [0.15, 0.2) is 0 Å². The van der Waals surface area contributed by atoms with Crippen molar-refractivity contribution in [3.63, 3.8) is 0 Å². The lowest BCUT2D eigenvalue weighted by Gasteiger charge is -2.25. The van der Waals surface area contributed by atoms with Crippen LogP contribution in [0.2, 0.25) is 0 Å². The van der Waals surface area contributed by atoms with Gasteiger partial charge < -0.3 is 10.4 Å². The van der Waals surface area contributed by atoms with Crippen molar-refractivity contribution in [2.75, 3.05) is 0 Å². The minimum atomic E-state index is -0.783. The van der Waals surface area contributed by atoms with Crippen LogP contribution in [0.15, 0.2) is 22.7 Å². The summed E-state index contributed by atoms with van der Waals surface area (Å²) in [6, 6.07) is 5.94. The summed E-state index contributed by atoms with van der Waals surface area (Å²) in [6.45, 7) is 2.48. The molecule has 0 spiro atoms. The number of aryl methyl sites for hydroxylation is 1. The van der Waals surface area contributed by atoms with Crippen molar-refractivity contribution in [3.05, 3.63) is 33.8 Å². The van der Waals surface area contributed by atoms with E-state index in [1.165, 1.54) is 0 Å². The van der Waals surface area contributed by atoms with E-state index in [0.29, 0.717) is 19.4 Å². The van der Waals surface area contributed by atoms with Gasteiger partial charge in [0.25, 0.3) is 0 Å². The normalized spacial score (nSPS) is 21.8. The zero-order chi connectivity index (χ0) is 15.4. The maximum absolute atomic E-state index is 12.2. The Bertz CT molecular complexity index is 544. The number of benzene rings is 1. The molecule has 1 aliphatic rings. The maximum atomic E-state index is 12.2. The number of carboxylic acid groups (broad SMARTS) is 1. The first kappa shape index (κ1) is 16.0. The molecule has 1 saturated carbocycles. The lowest BCUT2D eigenvalue weighted by atomic mass is 9.81. The monoisotopic (exact) mass is 353 g/mol. The summed E-state index contributed by atoms with van der Waals surface area (Å²) in [5.74, 6) is -1.37. The van der Waals surface area contributed by atoms with Gasteiger partial charge in [-0.25, -0.2) is 0 Å². The van der Waals surface area contributed by atoms with E-state index in [9.17, 15) is 9.59 Å². The highest BCUT2D eigenvalue weighted by molar-refractivity contribution is 9.10. The highest BCUT2D eigenvalue weighted by Crippen LogP contribution is 2.29. The van der Waals surface area contributed by atoms with Gasteiger partial charge >= 0.3 is 5.97 Å². The van der Waals surface area contributed by atoms with Crippen LogP contribution >= 0.6 is 15.9 Å². The van der Waals surface area contributed by atoms with Gasteiger partial charge in [0.1, 0.15) is 0 Å². The van der Waals surface area contributed by atoms with Crippen molar-refractivity contribution in [1.82, 2.24) is 5.32 Å². The number of aliphatic carboxylic acids is 1. The number of hydrogen-bond acceptors (Lipinski definition) is 2. The number of halogens is 1. The molecule has 0 radical (unpaired) electrons. The predicted octanol–water partition coefficient (Wildman–Crippen LogP) is 3.26. The van der Waals surface area contributed by atoms with Gasteiger partial charge in [0.2, 0.25) is 5.91 Å². The third-order valence-corrected chi connectivity index (χ3v) is 5.25. The van der Waals surface area contributed by atoms with Crippen LogP contribution in [-0.2, 0) is 16.1 Å². The second-order valence-corrected chi connectivity index (χ2v) is 6.46. The molecule has 2 unspecified atom stereocenters. The highest BCUT2D eigenvalue weighted by atomic mass is 79.9. The number of carbonyl (C=O) groups excluding carboxylic acids is 1. The Hall–Kier alpha value is -1.36. The van der Waals surface area contributed by atoms with E-state index in [1.54, 1.807) is 0 Å². The molecule has 2 N–H and O–H groups in total. The van der Waals surface area contributed by atoms with Crippen molar-refractivity contribution in [2.45, 2.75) is 39.2 Å². The molecule has 4 nitrogen and oxygen atoms in total. The standard InChI is InChI=1S/C16H20BrNO3/c1-10-4-2-7-13(14(10)17)9-18-15(19)11-5-3-6-12(8-11)16(20)21/h2,4,7,11-12H,3,5-6,8-9H2,1H3,(H,18,19)(H,20,21). The summed E-state index contributed by atoms with van der Waals surface area (Å²) in [6.07, 6.45) is 2.73. The summed E-state index contributed by atoms with van der Waals surface area (Å²) in [4.78, 5) is 23.3. The molecule has 1 fully saturated rings. The molecular formula is C16H20BrNO3. The molecule has 0 aromatic heterocycles. The van der Waals surface area contributed by atoms with Gasteiger partial charge in [-0.05, 0) is 37.3 Å². The molecule has 1 aromatic rings. The van der Waals surface area contributed by atoms with Gasteiger partial charge in [0, 0.05) is 16.9 Å². The number of hydrogen-bond donors (Lipinski definition) is 2. The topological polar surface area (TPSA) is 66.4 Å². The van der Waals surface area contributed by atoms with Crippen LogP contribution in [0.5, 0.6) is 0 Å². The van der Waals surface area contributed by atoms with Crippen molar-refractivity contribution in [2.24, 2.45) is 11.8 Å². The second kappa shape index (κ2) is 7.07. The zero-order valence-electron chi connectivity index (χ0n) is 12.1. The van der Waals surface area contributed by atoms with Crippen LogP contribution in [-0.4, -0.2) is 17.0 Å². The SMILES string of the molecule is Cc1cccc(CNC(=O)C2CCCC(C(=O)O)C2)c1Br. The Morgan fingerprint density at radius 1 is 1.33 bits per heavy atom. The van der Waals surface area contributed by atoms with Crippen LogP contribution in [0, 0.1) is 18.8 Å². The minimum absolute atomic E-state index is 0.0330. The summed E-state index contributed by atoms with van der Waals surface area (Å²) in [5, 5.41) is 12.0. The van der Waals surface area contributed by atoms with Crippen LogP contribution in [0.3, 0.4) is 0 Å². The third-order valence-electron chi connectivity index (χ3n) is 4.12. The van der Waals surface area contributed by atoms with Crippen molar-refractivity contribution in [1.29, 1.82) is 0 Å². The zero-order valence-corrected chi connectivity index (χ0v) is 13.6. The average Bonchev–Trinajstić information content (AvgIpc) is 2.48. The summed E-state index contributed by atoms with van der Waals surface area (Å²) in [7, 11) is 0. The number of rotatable bonds is 4. The van der Waals surface area contributed by atoms with Gasteiger partial charge in [-0.2, -0.15) is 0 Å². The van der Waals surface area contributed by atoms with E-state index in [4.69, 9.17) is 5.11 Å². The van der Waals surface area contributed by atoms with E-state index < -0.39 is 5.97 Å². The Morgan fingerprint density at radius 3 is 2.76 bits per heavy atom. The largest absolute Gasteiger partial charge is 0.481 e. The minimum Gasteiger partial charge on any atom is -0.481 e. The molecule has 21 heavy (non-hydrogen) atoms. The first-order chi connectivity index (χ1) is 9.99. The van der Waals surface area contributed by atoms with Crippen LogP contribution < -0.4 is 5.32 Å². The van der Waals surface area contributed by atoms with Crippen molar-refractivity contribution < 1.29 is 14.7 Å². The first-order valence-electron chi connectivity index (χ1n) is 7.23. The third kappa shape index (κ3) is 4.06. The van der Waals surface area contributed by atoms with Gasteiger partial charge in [-0.3, -0.25) is 9.59 Å². The quantitative estimate of drug-likeness (QED) is 0.872. The summed E-state index contributed by atoms with van der Waals surface area (Å²) in [5.41, 5.74) is 2.17. The molecule has 1 aromatic carbocycles. The molecule has 114 valence electrons.